The fourth-order valence-corrected chi connectivity index (χ4v) is 1.86. The normalized spacial score (nSPS) is 11.2. The maximum atomic E-state index is 12.5. The second-order valence-electron chi connectivity index (χ2n) is 4.37. The lowest BCUT2D eigenvalue weighted by atomic mass is 10.0. The maximum Gasteiger partial charge on any atom is 0.416 e. The van der Waals surface area contributed by atoms with E-state index in [2.05, 4.69) is 0 Å². The molecule has 0 aromatic heterocycles. The van der Waals surface area contributed by atoms with E-state index in [4.69, 9.17) is 4.74 Å². The summed E-state index contributed by atoms with van der Waals surface area (Å²) in [5.41, 5.74) is 1.11. The smallest absolute Gasteiger partial charge is 0.416 e. The molecular formula is C16H13F3O2. The van der Waals surface area contributed by atoms with Crippen LogP contribution in [0.3, 0.4) is 0 Å². The molecule has 0 saturated heterocycles. The van der Waals surface area contributed by atoms with Gasteiger partial charge >= 0.3 is 12.1 Å². The van der Waals surface area contributed by atoms with Crippen molar-refractivity contribution in [3.8, 4) is 11.1 Å². The Labute approximate surface area is 120 Å². The zero-order valence-corrected chi connectivity index (χ0v) is 11.3. The highest BCUT2D eigenvalue weighted by Gasteiger charge is 2.29. The first-order valence-electron chi connectivity index (χ1n) is 6.36. The lowest BCUT2D eigenvalue weighted by Crippen LogP contribution is -2.04. The van der Waals surface area contributed by atoms with E-state index in [1.807, 2.05) is 0 Å². The van der Waals surface area contributed by atoms with Crippen molar-refractivity contribution < 1.29 is 22.7 Å². The molecule has 0 aliphatic rings. The van der Waals surface area contributed by atoms with Crippen LogP contribution in [0.15, 0.2) is 48.5 Å². The van der Waals surface area contributed by atoms with Gasteiger partial charge < -0.3 is 4.74 Å². The number of hydrogen-bond donors (Lipinski definition) is 0. The first-order chi connectivity index (χ1) is 9.91. The molecule has 0 heterocycles. The number of esters is 1. The molecule has 0 N–H and O–H groups in total. The highest BCUT2D eigenvalue weighted by atomic mass is 19.4. The summed E-state index contributed by atoms with van der Waals surface area (Å²) in [5.74, 6) is -0.420. The predicted octanol–water partition coefficient (Wildman–Crippen LogP) is 4.55. The summed E-state index contributed by atoms with van der Waals surface area (Å²) in [6.45, 7) is 2.01. The Balaban J connectivity index is 2.21. The molecule has 0 atom stereocenters. The molecule has 0 saturated carbocycles. The topological polar surface area (TPSA) is 26.3 Å². The van der Waals surface area contributed by atoms with Crippen LogP contribution in [0.4, 0.5) is 13.2 Å². The number of halogens is 3. The van der Waals surface area contributed by atoms with E-state index < -0.39 is 17.7 Å². The van der Waals surface area contributed by atoms with Gasteiger partial charge in [-0.25, -0.2) is 4.79 Å². The third-order valence-electron chi connectivity index (χ3n) is 2.94. The van der Waals surface area contributed by atoms with Crippen LogP contribution in [0, 0.1) is 0 Å². The molecule has 2 nitrogen and oxygen atoms in total. The van der Waals surface area contributed by atoms with Crippen molar-refractivity contribution in [1.82, 2.24) is 0 Å². The second kappa shape index (κ2) is 5.99. The summed E-state index contributed by atoms with van der Waals surface area (Å²) >= 11 is 0. The average Bonchev–Trinajstić information content (AvgIpc) is 2.47. The highest BCUT2D eigenvalue weighted by molar-refractivity contribution is 5.90. The van der Waals surface area contributed by atoms with Crippen LogP contribution < -0.4 is 0 Å². The molecule has 0 unspecified atom stereocenters. The predicted molar refractivity (Wildman–Crippen MR) is 72.8 cm³/mol. The number of ether oxygens (including phenoxy) is 1. The van der Waals surface area contributed by atoms with Gasteiger partial charge in [-0.05, 0) is 42.3 Å². The summed E-state index contributed by atoms with van der Waals surface area (Å²) in [4.78, 5) is 11.5. The molecule has 0 radical (unpaired) electrons. The van der Waals surface area contributed by atoms with Gasteiger partial charge in [-0.1, -0.05) is 24.3 Å². The van der Waals surface area contributed by atoms with Crippen LogP contribution in [-0.2, 0) is 10.9 Å². The standard InChI is InChI=1S/C16H13F3O2/c1-2-21-15(20)13-5-3-11(4-6-13)12-7-9-14(10-8-12)16(17,18)19/h3-10H,2H2,1H3. The van der Waals surface area contributed by atoms with E-state index >= 15 is 0 Å². The van der Waals surface area contributed by atoms with E-state index in [1.54, 1.807) is 31.2 Å². The van der Waals surface area contributed by atoms with Crippen molar-refractivity contribution in [3.63, 3.8) is 0 Å². The first-order valence-corrected chi connectivity index (χ1v) is 6.36. The molecule has 0 bridgehead atoms. The van der Waals surface area contributed by atoms with Gasteiger partial charge in [0.1, 0.15) is 0 Å². The van der Waals surface area contributed by atoms with Gasteiger partial charge in [-0.15, -0.1) is 0 Å². The highest BCUT2D eigenvalue weighted by Crippen LogP contribution is 2.31. The Morgan fingerprint density at radius 2 is 1.43 bits per heavy atom. The molecule has 2 aromatic rings. The van der Waals surface area contributed by atoms with Crippen LogP contribution in [0.25, 0.3) is 11.1 Å². The van der Waals surface area contributed by atoms with Crippen molar-refractivity contribution in [1.29, 1.82) is 0 Å². The molecule has 2 aromatic carbocycles. The van der Waals surface area contributed by atoms with Crippen LogP contribution in [0.1, 0.15) is 22.8 Å². The molecule has 0 spiro atoms. The van der Waals surface area contributed by atoms with Crippen molar-refractivity contribution in [3.05, 3.63) is 59.7 Å². The third kappa shape index (κ3) is 3.62. The molecule has 5 heteroatoms. The summed E-state index contributed by atoms with van der Waals surface area (Å²) < 4.78 is 42.3. The van der Waals surface area contributed by atoms with Crippen molar-refractivity contribution >= 4 is 5.97 Å². The van der Waals surface area contributed by atoms with E-state index in [0.717, 1.165) is 17.7 Å². The van der Waals surface area contributed by atoms with Gasteiger partial charge in [0.05, 0.1) is 17.7 Å². The van der Waals surface area contributed by atoms with Gasteiger partial charge in [-0.2, -0.15) is 13.2 Å². The molecule has 21 heavy (non-hydrogen) atoms. The number of rotatable bonds is 3. The lowest BCUT2D eigenvalue weighted by Gasteiger charge is -2.08. The Kier molecular flexibility index (Phi) is 4.31. The van der Waals surface area contributed by atoms with Gasteiger partial charge in [0.2, 0.25) is 0 Å². The number of alkyl halides is 3. The van der Waals surface area contributed by atoms with E-state index in [1.165, 1.54) is 12.1 Å². The number of carbonyl (C=O) groups excluding carboxylic acids is 1. The van der Waals surface area contributed by atoms with Crippen LogP contribution in [0.5, 0.6) is 0 Å². The second-order valence-corrected chi connectivity index (χ2v) is 4.37. The summed E-state index contributed by atoms with van der Waals surface area (Å²) in [7, 11) is 0. The Morgan fingerprint density at radius 1 is 0.952 bits per heavy atom. The summed E-state index contributed by atoms with van der Waals surface area (Å²) in [6.07, 6.45) is -4.34. The van der Waals surface area contributed by atoms with Crippen molar-refractivity contribution in [2.24, 2.45) is 0 Å². The molecule has 0 aliphatic carbocycles. The molecular weight excluding hydrogens is 281 g/mol. The number of carbonyl (C=O) groups is 1. The minimum Gasteiger partial charge on any atom is -0.462 e. The van der Waals surface area contributed by atoms with Gasteiger partial charge in [-0.3, -0.25) is 0 Å². The Morgan fingerprint density at radius 3 is 1.86 bits per heavy atom. The van der Waals surface area contributed by atoms with E-state index in [9.17, 15) is 18.0 Å². The monoisotopic (exact) mass is 294 g/mol. The summed E-state index contributed by atoms with van der Waals surface area (Å²) in [6, 6.07) is 11.4. The number of benzene rings is 2. The fraction of sp³-hybridized carbons (Fsp3) is 0.188. The third-order valence-corrected chi connectivity index (χ3v) is 2.94. The van der Waals surface area contributed by atoms with Gasteiger partial charge in [0.15, 0.2) is 0 Å². The minimum atomic E-state index is -4.34. The zero-order valence-electron chi connectivity index (χ0n) is 11.3. The molecule has 0 fully saturated rings. The average molecular weight is 294 g/mol. The summed E-state index contributed by atoms with van der Waals surface area (Å²) in [5, 5.41) is 0. The molecule has 0 amide bonds. The van der Waals surface area contributed by atoms with E-state index in [0.29, 0.717) is 17.7 Å². The van der Waals surface area contributed by atoms with Gasteiger partial charge in [0.25, 0.3) is 0 Å². The molecule has 110 valence electrons. The Bertz CT molecular complexity index is 613. The lowest BCUT2D eigenvalue weighted by molar-refractivity contribution is -0.137. The zero-order chi connectivity index (χ0) is 15.5. The quantitative estimate of drug-likeness (QED) is 0.776. The van der Waals surface area contributed by atoms with E-state index in [-0.39, 0.29) is 0 Å². The fourth-order valence-electron chi connectivity index (χ4n) is 1.86. The van der Waals surface area contributed by atoms with Crippen LogP contribution in [-0.4, -0.2) is 12.6 Å². The largest absolute Gasteiger partial charge is 0.462 e. The number of hydrogen-bond acceptors (Lipinski definition) is 2. The van der Waals surface area contributed by atoms with Crippen LogP contribution in [0.2, 0.25) is 0 Å². The Hall–Kier alpha value is -2.30. The maximum absolute atomic E-state index is 12.5. The SMILES string of the molecule is CCOC(=O)c1ccc(-c2ccc(C(F)(F)F)cc2)cc1. The van der Waals surface area contributed by atoms with Crippen molar-refractivity contribution in [2.75, 3.05) is 6.61 Å². The molecule has 2 rings (SSSR count). The first kappa shape index (κ1) is 15.1. The van der Waals surface area contributed by atoms with Crippen molar-refractivity contribution in [2.45, 2.75) is 13.1 Å². The molecule has 0 aliphatic heterocycles. The van der Waals surface area contributed by atoms with Crippen LogP contribution >= 0.6 is 0 Å². The minimum absolute atomic E-state index is 0.291. The van der Waals surface area contributed by atoms with Gasteiger partial charge in [0, 0.05) is 0 Å².